The zero-order chi connectivity index (χ0) is 10.0. The first-order valence-corrected chi connectivity index (χ1v) is 4.20. The highest BCUT2D eigenvalue weighted by Crippen LogP contribution is 2.22. The smallest absolute Gasteiger partial charge is 0.277 e. The molecule has 0 aliphatic rings. The van der Waals surface area contributed by atoms with Crippen LogP contribution in [0.2, 0.25) is 10.0 Å². The van der Waals surface area contributed by atoms with Crippen LogP contribution in [0.3, 0.4) is 0 Å². The number of amides is 1. The van der Waals surface area contributed by atoms with Gasteiger partial charge >= 0.3 is 0 Å². The second-order valence-corrected chi connectivity index (χ2v) is 3.27. The van der Waals surface area contributed by atoms with E-state index in [1.165, 1.54) is 25.2 Å². The third-order valence-electron chi connectivity index (χ3n) is 1.46. The van der Waals surface area contributed by atoms with Crippen LogP contribution >= 0.6 is 23.2 Å². The van der Waals surface area contributed by atoms with E-state index in [0.29, 0.717) is 15.6 Å². The van der Waals surface area contributed by atoms with E-state index in [2.05, 4.69) is 0 Å². The van der Waals surface area contributed by atoms with E-state index in [4.69, 9.17) is 28.4 Å². The molecule has 0 heterocycles. The number of carbonyl (C=O) groups excluding carboxylic acids is 1. The number of carbonyl (C=O) groups is 1. The topological polar surface area (TPSA) is 40.5 Å². The van der Waals surface area contributed by atoms with Crippen molar-refractivity contribution in [2.24, 2.45) is 0 Å². The highest BCUT2D eigenvalue weighted by Gasteiger charge is 2.10. The van der Waals surface area contributed by atoms with Gasteiger partial charge in [-0.15, -0.1) is 0 Å². The normalized spacial score (nSPS) is 9.85. The Kier molecular flexibility index (Phi) is 3.14. The molecule has 1 aromatic carbocycles. The standard InChI is InChI=1S/C8H7Cl2NO2/c1-11(13)8(12)5-2-3-6(9)7(10)4-5/h2-4,13H,1H3. The van der Waals surface area contributed by atoms with E-state index in [1.54, 1.807) is 0 Å². The third-order valence-corrected chi connectivity index (χ3v) is 2.20. The Morgan fingerprint density at radius 1 is 1.38 bits per heavy atom. The van der Waals surface area contributed by atoms with Crippen molar-refractivity contribution in [3.63, 3.8) is 0 Å². The molecule has 13 heavy (non-hydrogen) atoms. The van der Waals surface area contributed by atoms with Crippen molar-refractivity contribution >= 4 is 29.1 Å². The number of hydroxylamine groups is 2. The Hall–Kier alpha value is -0.770. The van der Waals surface area contributed by atoms with Gasteiger partial charge in [0, 0.05) is 12.6 Å². The van der Waals surface area contributed by atoms with Crippen LogP contribution in [0.25, 0.3) is 0 Å². The highest BCUT2D eigenvalue weighted by atomic mass is 35.5. The summed E-state index contributed by atoms with van der Waals surface area (Å²) < 4.78 is 0. The fraction of sp³-hybridized carbons (Fsp3) is 0.125. The maximum Gasteiger partial charge on any atom is 0.277 e. The largest absolute Gasteiger partial charge is 0.286 e. The van der Waals surface area contributed by atoms with Gasteiger partial charge in [-0.2, -0.15) is 0 Å². The molecule has 1 amide bonds. The van der Waals surface area contributed by atoms with Crippen molar-refractivity contribution in [3.8, 4) is 0 Å². The molecule has 0 saturated carbocycles. The summed E-state index contributed by atoms with van der Waals surface area (Å²) in [4.78, 5) is 11.2. The highest BCUT2D eigenvalue weighted by molar-refractivity contribution is 6.42. The maximum atomic E-state index is 11.2. The first-order chi connectivity index (χ1) is 6.02. The van der Waals surface area contributed by atoms with Crippen LogP contribution < -0.4 is 0 Å². The monoisotopic (exact) mass is 219 g/mol. The van der Waals surface area contributed by atoms with Crippen LogP contribution in [-0.4, -0.2) is 23.2 Å². The quantitative estimate of drug-likeness (QED) is 0.583. The van der Waals surface area contributed by atoms with Crippen LogP contribution in [-0.2, 0) is 0 Å². The van der Waals surface area contributed by atoms with Gasteiger partial charge in [0.25, 0.3) is 5.91 Å². The average molecular weight is 220 g/mol. The summed E-state index contributed by atoms with van der Waals surface area (Å²) in [6.07, 6.45) is 0. The van der Waals surface area contributed by atoms with Gasteiger partial charge in [-0.05, 0) is 18.2 Å². The SMILES string of the molecule is CN(O)C(=O)c1ccc(Cl)c(Cl)c1. The van der Waals surface area contributed by atoms with Crippen molar-refractivity contribution in [1.29, 1.82) is 0 Å². The summed E-state index contributed by atoms with van der Waals surface area (Å²) in [6, 6.07) is 4.39. The van der Waals surface area contributed by atoms with Crippen molar-refractivity contribution in [2.45, 2.75) is 0 Å². The number of hydrogen-bond acceptors (Lipinski definition) is 2. The van der Waals surface area contributed by atoms with Gasteiger partial charge in [-0.25, -0.2) is 5.06 Å². The Morgan fingerprint density at radius 3 is 2.46 bits per heavy atom. The zero-order valence-electron chi connectivity index (χ0n) is 6.79. The summed E-state index contributed by atoms with van der Waals surface area (Å²) in [7, 11) is 1.24. The molecule has 0 spiro atoms. The lowest BCUT2D eigenvalue weighted by Crippen LogP contribution is -2.22. The van der Waals surface area contributed by atoms with Gasteiger partial charge in [0.15, 0.2) is 0 Å². The minimum absolute atomic E-state index is 0.286. The summed E-state index contributed by atoms with van der Waals surface area (Å²) in [5.74, 6) is -0.529. The molecule has 0 fully saturated rings. The zero-order valence-corrected chi connectivity index (χ0v) is 8.30. The molecule has 1 N–H and O–H groups in total. The molecule has 0 aromatic heterocycles. The lowest BCUT2D eigenvalue weighted by atomic mass is 10.2. The molecule has 0 aliphatic carbocycles. The average Bonchev–Trinajstić information content (AvgIpc) is 2.08. The third kappa shape index (κ3) is 2.34. The molecule has 70 valence electrons. The molecule has 0 bridgehead atoms. The molecule has 0 unspecified atom stereocenters. The Balaban J connectivity index is 3.04. The molecule has 0 aliphatic heterocycles. The Labute approximate surface area is 85.4 Å². The fourth-order valence-electron chi connectivity index (χ4n) is 0.816. The van der Waals surface area contributed by atoms with Gasteiger partial charge < -0.3 is 0 Å². The lowest BCUT2D eigenvalue weighted by Gasteiger charge is -2.08. The first kappa shape index (κ1) is 10.3. The minimum Gasteiger partial charge on any atom is -0.286 e. The van der Waals surface area contributed by atoms with Crippen molar-refractivity contribution in [1.82, 2.24) is 5.06 Å². The van der Waals surface area contributed by atoms with Crippen LogP contribution in [0.5, 0.6) is 0 Å². The lowest BCUT2D eigenvalue weighted by molar-refractivity contribution is -0.0374. The molecule has 1 aromatic rings. The second-order valence-electron chi connectivity index (χ2n) is 2.46. The van der Waals surface area contributed by atoms with Crippen molar-refractivity contribution < 1.29 is 10.0 Å². The van der Waals surface area contributed by atoms with Gasteiger partial charge in [-0.3, -0.25) is 10.0 Å². The molecule has 5 heteroatoms. The van der Waals surface area contributed by atoms with E-state index >= 15 is 0 Å². The van der Waals surface area contributed by atoms with E-state index in [0.717, 1.165) is 0 Å². The summed E-state index contributed by atoms with van der Waals surface area (Å²) >= 11 is 11.3. The number of hydrogen-bond donors (Lipinski definition) is 1. The van der Waals surface area contributed by atoms with E-state index < -0.39 is 5.91 Å². The van der Waals surface area contributed by atoms with Gasteiger partial charge in [0.1, 0.15) is 0 Å². The first-order valence-electron chi connectivity index (χ1n) is 3.44. The van der Waals surface area contributed by atoms with Gasteiger partial charge in [-0.1, -0.05) is 23.2 Å². The van der Waals surface area contributed by atoms with Gasteiger partial charge in [0.05, 0.1) is 10.0 Å². The predicted molar refractivity (Wildman–Crippen MR) is 50.3 cm³/mol. The minimum atomic E-state index is -0.529. The molecule has 0 saturated heterocycles. The fourth-order valence-corrected chi connectivity index (χ4v) is 1.11. The van der Waals surface area contributed by atoms with Crippen LogP contribution in [0.4, 0.5) is 0 Å². The predicted octanol–water partition coefficient (Wildman–Crippen LogP) is 2.45. The maximum absolute atomic E-state index is 11.2. The second kappa shape index (κ2) is 3.96. The van der Waals surface area contributed by atoms with Crippen molar-refractivity contribution in [2.75, 3.05) is 7.05 Å². The summed E-state index contributed by atoms with van der Waals surface area (Å²) in [6.45, 7) is 0. The molecular weight excluding hydrogens is 213 g/mol. The molecule has 0 radical (unpaired) electrons. The van der Waals surface area contributed by atoms with E-state index in [9.17, 15) is 4.79 Å². The molecule has 0 atom stereocenters. The van der Waals surface area contributed by atoms with Crippen LogP contribution in [0.15, 0.2) is 18.2 Å². The summed E-state index contributed by atoms with van der Waals surface area (Å²) in [5.41, 5.74) is 0.291. The Morgan fingerprint density at radius 2 is 2.00 bits per heavy atom. The van der Waals surface area contributed by atoms with Crippen molar-refractivity contribution in [3.05, 3.63) is 33.8 Å². The van der Waals surface area contributed by atoms with E-state index in [-0.39, 0.29) is 5.02 Å². The number of rotatable bonds is 1. The molecule has 1 rings (SSSR count). The van der Waals surface area contributed by atoms with Crippen LogP contribution in [0, 0.1) is 0 Å². The molecular formula is C8H7Cl2NO2. The van der Waals surface area contributed by atoms with E-state index in [1.807, 2.05) is 0 Å². The number of halogens is 2. The molecule has 3 nitrogen and oxygen atoms in total. The number of nitrogens with zero attached hydrogens (tertiary/aromatic N) is 1. The van der Waals surface area contributed by atoms with Crippen LogP contribution in [0.1, 0.15) is 10.4 Å². The summed E-state index contributed by atoms with van der Waals surface area (Å²) in [5, 5.41) is 9.99. The number of benzene rings is 1. The van der Waals surface area contributed by atoms with Gasteiger partial charge in [0.2, 0.25) is 0 Å². The Bertz CT molecular complexity index is 339.